The number of benzene rings is 2. The molecule has 2 aromatic carbocycles. The van der Waals surface area contributed by atoms with E-state index in [9.17, 15) is 19.1 Å². The Bertz CT molecular complexity index is 932. The number of carbonyl (C=O) groups excluding carboxylic acids is 1. The molecule has 0 radical (unpaired) electrons. The number of aromatic carboxylic acids is 1. The predicted molar refractivity (Wildman–Crippen MR) is 89.7 cm³/mol. The summed E-state index contributed by atoms with van der Waals surface area (Å²) in [5, 5.41) is 12.6. The third kappa shape index (κ3) is 3.68. The lowest BCUT2D eigenvalue weighted by atomic mass is 10.1. The Kier molecular flexibility index (Phi) is 4.79. The summed E-state index contributed by atoms with van der Waals surface area (Å²) in [4.78, 5) is 23.4. The minimum atomic E-state index is -1.19. The van der Waals surface area contributed by atoms with E-state index in [0.717, 1.165) is 0 Å². The molecule has 1 heterocycles. The lowest BCUT2D eigenvalue weighted by Crippen LogP contribution is -2.24. The fourth-order valence-electron chi connectivity index (χ4n) is 2.67. The summed E-state index contributed by atoms with van der Waals surface area (Å²) in [7, 11) is 0. The van der Waals surface area contributed by atoms with Crippen molar-refractivity contribution in [3.63, 3.8) is 0 Å². The lowest BCUT2D eigenvalue weighted by molar-refractivity contribution is -0.121. The normalized spacial score (nSPS) is 10.8. The van der Waals surface area contributed by atoms with Crippen LogP contribution in [0.4, 0.5) is 4.39 Å². The Morgan fingerprint density at radius 3 is 2.56 bits per heavy atom. The molecule has 0 spiro atoms. The van der Waals surface area contributed by atoms with Gasteiger partial charge in [0, 0.05) is 23.9 Å². The maximum absolute atomic E-state index is 13.6. The second-order valence-electron chi connectivity index (χ2n) is 5.58. The molecule has 0 saturated heterocycles. The van der Waals surface area contributed by atoms with Crippen molar-refractivity contribution in [2.24, 2.45) is 0 Å². The van der Waals surface area contributed by atoms with Gasteiger partial charge >= 0.3 is 5.97 Å². The molecule has 25 heavy (non-hydrogen) atoms. The third-order valence-electron chi connectivity index (χ3n) is 3.93. The van der Waals surface area contributed by atoms with E-state index in [1.165, 1.54) is 6.07 Å². The van der Waals surface area contributed by atoms with Crippen LogP contribution in [0.3, 0.4) is 0 Å². The Morgan fingerprint density at radius 2 is 1.80 bits per heavy atom. The van der Waals surface area contributed by atoms with Gasteiger partial charge in [0.2, 0.25) is 11.7 Å². The number of furan rings is 1. The van der Waals surface area contributed by atoms with Crippen molar-refractivity contribution in [1.29, 1.82) is 0 Å². The van der Waals surface area contributed by atoms with Crippen LogP contribution < -0.4 is 5.32 Å². The van der Waals surface area contributed by atoms with Crippen LogP contribution in [0.15, 0.2) is 52.9 Å². The van der Waals surface area contributed by atoms with E-state index in [4.69, 9.17) is 4.42 Å². The molecule has 3 aromatic rings. The van der Waals surface area contributed by atoms with Crippen LogP contribution in [0.25, 0.3) is 11.0 Å². The molecule has 0 saturated carbocycles. The van der Waals surface area contributed by atoms with Crippen LogP contribution in [-0.2, 0) is 17.8 Å². The van der Waals surface area contributed by atoms with Crippen molar-refractivity contribution >= 4 is 22.8 Å². The number of fused-ring (bicyclic) bond motifs is 1. The van der Waals surface area contributed by atoms with Gasteiger partial charge in [-0.3, -0.25) is 4.79 Å². The molecule has 2 N–H and O–H groups in total. The average molecular weight is 341 g/mol. The summed E-state index contributed by atoms with van der Waals surface area (Å²) in [5.41, 5.74) is 1.34. The van der Waals surface area contributed by atoms with Crippen molar-refractivity contribution in [2.75, 3.05) is 0 Å². The summed E-state index contributed by atoms with van der Waals surface area (Å²) in [6.07, 6.45) is 0.384. The molecule has 128 valence electrons. The summed E-state index contributed by atoms with van der Waals surface area (Å²) in [5.74, 6) is -2.00. The molecule has 0 aliphatic carbocycles. The first kappa shape index (κ1) is 16.7. The summed E-state index contributed by atoms with van der Waals surface area (Å²) in [6.45, 7) is 0.0365. The van der Waals surface area contributed by atoms with Gasteiger partial charge in [-0.15, -0.1) is 0 Å². The zero-order valence-electron chi connectivity index (χ0n) is 13.3. The summed E-state index contributed by atoms with van der Waals surface area (Å²) >= 11 is 0. The third-order valence-corrected chi connectivity index (χ3v) is 3.93. The van der Waals surface area contributed by atoms with Crippen LogP contribution in [-0.4, -0.2) is 17.0 Å². The highest BCUT2D eigenvalue weighted by atomic mass is 19.1. The zero-order chi connectivity index (χ0) is 17.8. The molecular formula is C19H16FNO4. The average Bonchev–Trinajstić information content (AvgIpc) is 2.98. The van der Waals surface area contributed by atoms with E-state index in [0.29, 0.717) is 22.1 Å². The number of rotatable bonds is 6. The van der Waals surface area contributed by atoms with Crippen LogP contribution in [0.5, 0.6) is 0 Å². The van der Waals surface area contributed by atoms with Crippen LogP contribution in [0.1, 0.15) is 28.1 Å². The second-order valence-corrected chi connectivity index (χ2v) is 5.58. The Morgan fingerprint density at radius 1 is 1.08 bits per heavy atom. The quantitative estimate of drug-likeness (QED) is 0.719. The van der Waals surface area contributed by atoms with E-state index in [1.54, 1.807) is 42.5 Å². The monoisotopic (exact) mass is 341 g/mol. The molecule has 1 aromatic heterocycles. The summed E-state index contributed by atoms with van der Waals surface area (Å²) in [6, 6.07) is 13.2. The SMILES string of the molecule is O=C(CCc1ccccc1F)NCc1c(C(=O)O)oc2ccccc12. The van der Waals surface area contributed by atoms with Crippen LogP contribution in [0, 0.1) is 5.82 Å². The van der Waals surface area contributed by atoms with E-state index >= 15 is 0 Å². The van der Waals surface area contributed by atoms with Crippen molar-refractivity contribution in [2.45, 2.75) is 19.4 Å². The minimum Gasteiger partial charge on any atom is -0.475 e. The topological polar surface area (TPSA) is 79.5 Å². The first-order chi connectivity index (χ1) is 12.1. The highest BCUT2D eigenvalue weighted by Gasteiger charge is 2.20. The maximum atomic E-state index is 13.6. The van der Waals surface area contributed by atoms with Crippen molar-refractivity contribution in [3.8, 4) is 0 Å². The number of carbonyl (C=O) groups is 2. The molecule has 0 bridgehead atoms. The van der Waals surface area contributed by atoms with Gasteiger partial charge in [0.1, 0.15) is 11.4 Å². The highest BCUT2D eigenvalue weighted by molar-refractivity contribution is 5.95. The fourth-order valence-corrected chi connectivity index (χ4v) is 2.67. The molecule has 1 amide bonds. The van der Waals surface area contributed by atoms with E-state index < -0.39 is 5.97 Å². The largest absolute Gasteiger partial charge is 0.475 e. The number of carboxylic acid groups (broad SMARTS) is 1. The van der Waals surface area contributed by atoms with Crippen molar-refractivity contribution in [3.05, 3.63) is 71.2 Å². The predicted octanol–water partition coefficient (Wildman–Crippen LogP) is 3.52. The van der Waals surface area contributed by atoms with Gasteiger partial charge in [-0.1, -0.05) is 36.4 Å². The molecule has 0 fully saturated rings. The number of para-hydroxylation sites is 1. The number of amides is 1. The highest BCUT2D eigenvalue weighted by Crippen LogP contribution is 2.25. The number of halogens is 1. The molecular weight excluding hydrogens is 325 g/mol. The van der Waals surface area contributed by atoms with Gasteiger partial charge in [-0.25, -0.2) is 9.18 Å². The van der Waals surface area contributed by atoms with Crippen LogP contribution in [0.2, 0.25) is 0 Å². The van der Waals surface area contributed by atoms with Gasteiger partial charge < -0.3 is 14.8 Å². The van der Waals surface area contributed by atoms with Crippen molar-refractivity contribution in [1.82, 2.24) is 5.32 Å². The molecule has 3 rings (SSSR count). The number of hydrogen-bond donors (Lipinski definition) is 2. The van der Waals surface area contributed by atoms with E-state index in [-0.39, 0.29) is 36.9 Å². The Balaban J connectivity index is 1.68. The van der Waals surface area contributed by atoms with E-state index in [1.807, 2.05) is 0 Å². The molecule has 0 unspecified atom stereocenters. The minimum absolute atomic E-state index is 0.0365. The van der Waals surface area contributed by atoms with Crippen molar-refractivity contribution < 1.29 is 23.5 Å². The molecule has 0 aliphatic heterocycles. The zero-order valence-corrected chi connectivity index (χ0v) is 13.3. The van der Waals surface area contributed by atoms with Gasteiger partial charge in [0.05, 0.1) is 0 Å². The lowest BCUT2D eigenvalue weighted by Gasteiger charge is -2.06. The Labute approximate surface area is 143 Å². The molecule has 0 atom stereocenters. The fraction of sp³-hybridized carbons (Fsp3) is 0.158. The first-order valence-electron chi connectivity index (χ1n) is 7.80. The number of carboxylic acids is 1. The molecule has 5 nitrogen and oxygen atoms in total. The van der Waals surface area contributed by atoms with Gasteiger partial charge in [0.15, 0.2) is 0 Å². The standard InChI is InChI=1S/C19H16FNO4/c20-15-7-3-1-5-12(15)9-10-17(22)21-11-14-13-6-2-4-8-16(13)25-18(14)19(23)24/h1-8H,9-11H2,(H,21,22)(H,23,24). The smallest absolute Gasteiger partial charge is 0.372 e. The van der Waals surface area contributed by atoms with E-state index in [2.05, 4.69) is 5.32 Å². The van der Waals surface area contributed by atoms with Gasteiger partial charge in [0.25, 0.3) is 0 Å². The molecule has 0 aliphatic rings. The Hall–Kier alpha value is -3.15. The van der Waals surface area contributed by atoms with Crippen LogP contribution >= 0.6 is 0 Å². The molecule has 6 heteroatoms. The summed E-state index contributed by atoms with van der Waals surface area (Å²) < 4.78 is 18.9. The number of aryl methyl sites for hydroxylation is 1. The first-order valence-corrected chi connectivity index (χ1v) is 7.80. The maximum Gasteiger partial charge on any atom is 0.372 e. The second kappa shape index (κ2) is 7.17. The number of nitrogens with one attached hydrogen (secondary N) is 1. The van der Waals surface area contributed by atoms with Gasteiger partial charge in [-0.05, 0) is 24.1 Å². The van der Waals surface area contributed by atoms with Gasteiger partial charge in [-0.2, -0.15) is 0 Å². The number of hydrogen-bond acceptors (Lipinski definition) is 3.